The third-order valence-electron chi connectivity index (χ3n) is 6.17. The number of carbonyl (C=O) groups excluding carboxylic acids is 2. The molecule has 2 aromatic carbocycles. The molecule has 1 aliphatic rings. The van der Waals surface area contributed by atoms with E-state index >= 15 is 0 Å². The van der Waals surface area contributed by atoms with E-state index in [0.29, 0.717) is 24.3 Å². The zero-order chi connectivity index (χ0) is 30.2. The molecular formula is C26H22F9NO4. The van der Waals surface area contributed by atoms with Crippen LogP contribution in [0.1, 0.15) is 54.0 Å². The second kappa shape index (κ2) is 11.0. The van der Waals surface area contributed by atoms with Crippen LogP contribution in [-0.2, 0) is 32.8 Å². The molecule has 40 heavy (non-hydrogen) atoms. The molecule has 218 valence electrons. The molecule has 2 atom stereocenters. The van der Waals surface area contributed by atoms with E-state index in [0.717, 1.165) is 24.2 Å². The summed E-state index contributed by atoms with van der Waals surface area (Å²) in [4.78, 5) is 26.8. The number of carbonyl (C=O) groups is 2. The van der Waals surface area contributed by atoms with Crippen LogP contribution in [0, 0.1) is 0 Å². The first-order valence-electron chi connectivity index (χ1n) is 11.7. The number of ether oxygens (including phenoxy) is 2. The molecule has 0 aromatic heterocycles. The summed E-state index contributed by atoms with van der Waals surface area (Å²) in [7, 11) is 0.826. The summed E-state index contributed by atoms with van der Waals surface area (Å²) in [5.41, 5.74) is -6.49. The van der Waals surface area contributed by atoms with Gasteiger partial charge in [0.05, 0.1) is 42.1 Å². The number of alkyl halides is 9. The van der Waals surface area contributed by atoms with Gasteiger partial charge in [0.2, 0.25) is 0 Å². The highest BCUT2D eigenvalue weighted by atomic mass is 19.4. The predicted octanol–water partition coefficient (Wildman–Crippen LogP) is 7.84. The molecule has 0 N–H and O–H groups in total. The molecule has 0 saturated carbocycles. The monoisotopic (exact) mass is 583 g/mol. The SMILES string of the molecule is CCOC(=O)N1c2ccc(C(F)(F)F)cc2C(C(C(=O)OC)c2cc(C(F)(F)F)cc(C(F)(F)F)c2)=C[C@H]1CC. The lowest BCUT2D eigenvalue weighted by Gasteiger charge is -2.37. The molecule has 3 rings (SSSR count). The molecule has 0 bridgehead atoms. The van der Waals surface area contributed by atoms with Crippen molar-refractivity contribution in [2.45, 2.75) is 50.8 Å². The third-order valence-corrected chi connectivity index (χ3v) is 6.17. The second-order valence-electron chi connectivity index (χ2n) is 8.69. The molecule has 14 heteroatoms. The highest BCUT2D eigenvalue weighted by Gasteiger charge is 2.42. The van der Waals surface area contributed by atoms with Gasteiger partial charge >= 0.3 is 30.6 Å². The Bertz CT molecular complexity index is 1280. The molecular weight excluding hydrogens is 561 g/mol. The van der Waals surface area contributed by atoms with Gasteiger partial charge in [-0.25, -0.2) is 4.79 Å². The standard InChI is InChI=1S/C26H22F9NO4/c1-4-17-12-19(18-11-14(24(27,28)29)6-7-20(18)36(17)23(38)40-5-2)21(22(37)39-3)13-8-15(25(30,31)32)10-16(9-13)26(33,34)35/h6-12,17,21H,4-5H2,1-3H3/t17-,21?/m1/s1. The average molecular weight is 583 g/mol. The van der Waals surface area contributed by atoms with Gasteiger partial charge in [-0.3, -0.25) is 9.69 Å². The molecule has 1 unspecified atom stereocenters. The van der Waals surface area contributed by atoms with Crippen molar-refractivity contribution in [1.29, 1.82) is 0 Å². The number of hydrogen-bond donors (Lipinski definition) is 0. The van der Waals surface area contributed by atoms with Crippen molar-refractivity contribution < 1.29 is 58.6 Å². The van der Waals surface area contributed by atoms with Gasteiger partial charge in [0, 0.05) is 5.56 Å². The van der Waals surface area contributed by atoms with E-state index in [1.807, 2.05) is 0 Å². The Hall–Kier alpha value is -3.71. The van der Waals surface area contributed by atoms with Crippen LogP contribution in [0.4, 0.5) is 50.0 Å². The lowest BCUT2D eigenvalue weighted by Crippen LogP contribution is -2.42. The maximum Gasteiger partial charge on any atom is 0.416 e. The third kappa shape index (κ3) is 6.20. The Morgan fingerprint density at radius 1 is 0.850 bits per heavy atom. The van der Waals surface area contributed by atoms with Gasteiger partial charge in [0.25, 0.3) is 0 Å². The van der Waals surface area contributed by atoms with Crippen LogP contribution in [0.5, 0.6) is 0 Å². The van der Waals surface area contributed by atoms with E-state index in [1.165, 1.54) is 6.92 Å². The van der Waals surface area contributed by atoms with Crippen molar-refractivity contribution in [1.82, 2.24) is 0 Å². The minimum atomic E-state index is -5.26. The van der Waals surface area contributed by atoms with Crippen molar-refractivity contribution in [2.24, 2.45) is 0 Å². The molecule has 1 aliphatic heterocycles. The highest BCUT2D eigenvalue weighted by molar-refractivity contribution is 6.02. The minimum absolute atomic E-state index is 0.0903. The zero-order valence-electron chi connectivity index (χ0n) is 21.1. The van der Waals surface area contributed by atoms with Gasteiger partial charge in [-0.2, -0.15) is 39.5 Å². The fraction of sp³-hybridized carbons (Fsp3) is 0.385. The molecule has 0 spiro atoms. The Morgan fingerprint density at radius 2 is 1.40 bits per heavy atom. The Balaban J connectivity index is 2.40. The molecule has 1 heterocycles. The van der Waals surface area contributed by atoms with Crippen LogP contribution in [0.15, 0.2) is 42.5 Å². The van der Waals surface area contributed by atoms with Gasteiger partial charge in [-0.15, -0.1) is 0 Å². The number of benzene rings is 2. The van der Waals surface area contributed by atoms with Crippen LogP contribution >= 0.6 is 0 Å². The number of rotatable bonds is 5. The fourth-order valence-electron chi connectivity index (χ4n) is 4.39. The largest absolute Gasteiger partial charge is 0.468 e. The second-order valence-corrected chi connectivity index (χ2v) is 8.69. The normalized spacial score (nSPS) is 16.6. The van der Waals surface area contributed by atoms with E-state index in [1.54, 1.807) is 6.92 Å². The first-order valence-corrected chi connectivity index (χ1v) is 11.7. The first-order chi connectivity index (χ1) is 18.4. The molecule has 1 amide bonds. The summed E-state index contributed by atoms with van der Waals surface area (Å²) < 4.78 is 132. The molecule has 2 aromatic rings. The van der Waals surface area contributed by atoms with Crippen molar-refractivity contribution in [3.63, 3.8) is 0 Å². The summed E-state index contributed by atoms with van der Waals surface area (Å²) in [5, 5.41) is 0. The van der Waals surface area contributed by atoms with Gasteiger partial charge < -0.3 is 9.47 Å². The van der Waals surface area contributed by atoms with Gasteiger partial charge in [0.15, 0.2) is 0 Å². The van der Waals surface area contributed by atoms with E-state index in [-0.39, 0.29) is 30.4 Å². The molecule has 0 aliphatic carbocycles. The van der Waals surface area contributed by atoms with Gasteiger partial charge in [-0.1, -0.05) is 13.0 Å². The Kier molecular flexibility index (Phi) is 8.51. The first kappa shape index (κ1) is 30.8. The smallest absolute Gasteiger partial charge is 0.416 e. The van der Waals surface area contributed by atoms with E-state index < -0.39 is 70.4 Å². The van der Waals surface area contributed by atoms with E-state index in [2.05, 4.69) is 0 Å². The molecule has 0 saturated heterocycles. The topological polar surface area (TPSA) is 55.8 Å². The van der Waals surface area contributed by atoms with Crippen molar-refractivity contribution in [3.05, 3.63) is 70.3 Å². The predicted molar refractivity (Wildman–Crippen MR) is 124 cm³/mol. The van der Waals surface area contributed by atoms with Crippen molar-refractivity contribution in [3.8, 4) is 0 Å². The summed E-state index contributed by atoms with van der Waals surface area (Å²) in [6.45, 7) is 2.95. The number of anilines is 1. The van der Waals surface area contributed by atoms with E-state index in [4.69, 9.17) is 9.47 Å². The number of nitrogens with zero attached hydrogens (tertiary/aromatic N) is 1. The van der Waals surface area contributed by atoms with Crippen molar-refractivity contribution in [2.75, 3.05) is 18.6 Å². The lowest BCUT2D eigenvalue weighted by atomic mass is 9.80. The van der Waals surface area contributed by atoms with Crippen LogP contribution in [0.2, 0.25) is 0 Å². The number of hydrogen-bond acceptors (Lipinski definition) is 4. The summed E-state index contributed by atoms with van der Waals surface area (Å²) >= 11 is 0. The zero-order valence-corrected chi connectivity index (χ0v) is 21.1. The van der Waals surface area contributed by atoms with Crippen LogP contribution in [0.25, 0.3) is 5.57 Å². The summed E-state index contributed by atoms with van der Waals surface area (Å²) in [6, 6.07) is 1.63. The molecule has 0 radical (unpaired) electrons. The van der Waals surface area contributed by atoms with E-state index in [9.17, 15) is 49.1 Å². The minimum Gasteiger partial charge on any atom is -0.468 e. The number of fused-ring (bicyclic) bond motifs is 1. The maximum absolute atomic E-state index is 13.7. The highest BCUT2D eigenvalue weighted by Crippen LogP contribution is 2.47. The number of esters is 1. The molecule has 5 nitrogen and oxygen atoms in total. The van der Waals surface area contributed by atoms with Crippen LogP contribution in [0.3, 0.4) is 0 Å². The Labute approximate surface area is 222 Å². The van der Waals surface area contributed by atoms with Crippen molar-refractivity contribution >= 4 is 23.3 Å². The maximum atomic E-state index is 13.7. The van der Waals surface area contributed by atoms with Crippen LogP contribution in [-0.4, -0.2) is 31.8 Å². The van der Waals surface area contributed by atoms with Crippen LogP contribution < -0.4 is 4.90 Å². The summed E-state index contributed by atoms with van der Waals surface area (Å²) in [6.07, 6.45) is -15.2. The van der Waals surface area contributed by atoms with Gasteiger partial charge in [-0.05, 0) is 60.9 Å². The number of halogens is 9. The quantitative estimate of drug-likeness (QED) is 0.266. The average Bonchev–Trinajstić information content (AvgIpc) is 2.86. The summed E-state index contributed by atoms with van der Waals surface area (Å²) in [5.74, 6) is -3.35. The number of amides is 1. The lowest BCUT2D eigenvalue weighted by molar-refractivity contribution is -0.144. The fourth-order valence-corrected chi connectivity index (χ4v) is 4.39. The molecule has 0 fully saturated rings. The number of methoxy groups -OCH3 is 1. The van der Waals surface area contributed by atoms with Gasteiger partial charge in [0.1, 0.15) is 5.92 Å². The Morgan fingerprint density at radius 3 is 1.85 bits per heavy atom.